The number of rotatable bonds is 3. The number of carbonyl (C=O) groups excluding carboxylic acids is 3. The SMILES string of the molecule is CCN1CCN(C(=O)C(=O)Nc2cc(C(=O)OC)ccc2Cl)CC1. The van der Waals surface area contributed by atoms with Gasteiger partial charge in [0, 0.05) is 26.2 Å². The van der Waals surface area contributed by atoms with Gasteiger partial charge in [-0.2, -0.15) is 0 Å². The standard InChI is InChI=1S/C16H20ClN3O4/c1-3-19-6-8-20(9-7-19)15(22)14(21)18-13-10-11(16(23)24-2)4-5-12(13)17/h4-5,10H,3,6-9H2,1-2H3,(H,18,21). The van der Waals surface area contributed by atoms with Gasteiger partial charge in [0.1, 0.15) is 0 Å². The number of hydrogen-bond acceptors (Lipinski definition) is 5. The van der Waals surface area contributed by atoms with E-state index in [9.17, 15) is 14.4 Å². The molecular formula is C16H20ClN3O4. The fraction of sp³-hybridized carbons (Fsp3) is 0.438. The molecule has 24 heavy (non-hydrogen) atoms. The van der Waals surface area contributed by atoms with Crippen LogP contribution in [0.3, 0.4) is 0 Å². The Balaban J connectivity index is 2.04. The number of halogens is 1. The largest absolute Gasteiger partial charge is 0.465 e. The number of amides is 2. The maximum absolute atomic E-state index is 12.2. The first-order valence-corrected chi connectivity index (χ1v) is 8.04. The number of methoxy groups -OCH3 is 1. The first kappa shape index (κ1) is 18.2. The van der Waals surface area contributed by atoms with E-state index in [2.05, 4.69) is 21.9 Å². The average molecular weight is 354 g/mol. The van der Waals surface area contributed by atoms with E-state index in [1.165, 1.54) is 30.2 Å². The molecule has 1 aliphatic heterocycles. The van der Waals surface area contributed by atoms with Gasteiger partial charge in [0.15, 0.2) is 0 Å². The second-order valence-electron chi connectivity index (χ2n) is 5.37. The van der Waals surface area contributed by atoms with Gasteiger partial charge in [-0.15, -0.1) is 0 Å². The van der Waals surface area contributed by atoms with Crippen LogP contribution in [-0.4, -0.2) is 67.4 Å². The van der Waals surface area contributed by atoms with Crippen molar-refractivity contribution in [3.05, 3.63) is 28.8 Å². The summed E-state index contributed by atoms with van der Waals surface area (Å²) in [6, 6.07) is 4.33. The monoisotopic (exact) mass is 353 g/mol. The van der Waals surface area contributed by atoms with Crippen LogP contribution < -0.4 is 5.32 Å². The van der Waals surface area contributed by atoms with Crippen molar-refractivity contribution < 1.29 is 19.1 Å². The zero-order chi connectivity index (χ0) is 17.7. The topological polar surface area (TPSA) is 79.0 Å². The van der Waals surface area contributed by atoms with Gasteiger partial charge in [-0.25, -0.2) is 4.79 Å². The van der Waals surface area contributed by atoms with Gasteiger partial charge in [-0.3, -0.25) is 9.59 Å². The molecule has 1 aromatic carbocycles. The summed E-state index contributed by atoms with van der Waals surface area (Å²) in [6.45, 7) is 5.49. The molecule has 1 saturated heterocycles. The summed E-state index contributed by atoms with van der Waals surface area (Å²) in [5, 5.41) is 2.70. The summed E-state index contributed by atoms with van der Waals surface area (Å²) >= 11 is 6.02. The van der Waals surface area contributed by atoms with E-state index >= 15 is 0 Å². The first-order valence-electron chi connectivity index (χ1n) is 7.66. The van der Waals surface area contributed by atoms with Crippen LogP contribution in [0.25, 0.3) is 0 Å². The molecular weight excluding hydrogens is 334 g/mol. The molecule has 0 saturated carbocycles. The molecule has 1 fully saturated rings. The van der Waals surface area contributed by atoms with Gasteiger partial charge < -0.3 is 19.9 Å². The Labute approximate surface area is 145 Å². The lowest BCUT2D eigenvalue weighted by Gasteiger charge is -2.33. The third kappa shape index (κ3) is 4.24. The Hall–Kier alpha value is -2.12. The number of likely N-dealkylation sites (N-methyl/N-ethyl adjacent to an activating group) is 1. The highest BCUT2D eigenvalue weighted by Gasteiger charge is 2.26. The number of anilines is 1. The summed E-state index contributed by atoms with van der Waals surface area (Å²) in [4.78, 5) is 39.7. The molecule has 0 unspecified atom stereocenters. The molecule has 1 aromatic rings. The van der Waals surface area contributed by atoms with Crippen molar-refractivity contribution in [2.45, 2.75) is 6.92 Å². The highest BCUT2D eigenvalue weighted by atomic mass is 35.5. The summed E-state index contributed by atoms with van der Waals surface area (Å²) in [5.74, 6) is -1.93. The van der Waals surface area contributed by atoms with Crippen LogP contribution in [0.4, 0.5) is 5.69 Å². The normalized spacial score (nSPS) is 15.0. The quantitative estimate of drug-likeness (QED) is 0.653. The lowest BCUT2D eigenvalue weighted by Crippen LogP contribution is -2.51. The summed E-state index contributed by atoms with van der Waals surface area (Å²) in [7, 11) is 1.26. The average Bonchev–Trinajstić information content (AvgIpc) is 2.62. The van der Waals surface area contributed by atoms with E-state index in [0.717, 1.165) is 19.6 Å². The second-order valence-corrected chi connectivity index (χ2v) is 5.77. The summed E-state index contributed by atoms with van der Waals surface area (Å²) in [6.07, 6.45) is 0. The Morgan fingerprint density at radius 1 is 1.21 bits per heavy atom. The molecule has 0 spiro atoms. The van der Waals surface area contributed by atoms with Crippen molar-refractivity contribution in [1.82, 2.24) is 9.80 Å². The van der Waals surface area contributed by atoms with Gasteiger partial charge >= 0.3 is 17.8 Å². The van der Waals surface area contributed by atoms with Crippen LogP contribution in [0.15, 0.2) is 18.2 Å². The van der Waals surface area contributed by atoms with Crippen molar-refractivity contribution in [2.24, 2.45) is 0 Å². The van der Waals surface area contributed by atoms with E-state index in [1.54, 1.807) is 0 Å². The molecule has 2 amide bonds. The van der Waals surface area contributed by atoms with Crippen LogP contribution in [-0.2, 0) is 14.3 Å². The molecule has 1 N–H and O–H groups in total. The number of esters is 1. The highest BCUT2D eigenvalue weighted by molar-refractivity contribution is 6.41. The van der Waals surface area contributed by atoms with E-state index < -0.39 is 17.8 Å². The van der Waals surface area contributed by atoms with Crippen LogP contribution in [0.5, 0.6) is 0 Å². The number of benzene rings is 1. The number of ether oxygens (including phenoxy) is 1. The van der Waals surface area contributed by atoms with Crippen LogP contribution in [0.1, 0.15) is 17.3 Å². The first-order chi connectivity index (χ1) is 11.5. The Morgan fingerprint density at radius 3 is 2.46 bits per heavy atom. The zero-order valence-electron chi connectivity index (χ0n) is 13.7. The third-order valence-corrected chi connectivity index (χ3v) is 4.27. The Kier molecular flexibility index (Phi) is 6.16. The zero-order valence-corrected chi connectivity index (χ0v) is 14.4. The molecule has 130 valence electrons. The molecule has 0 aromatic heterocycles. The number of nitrogens with one attached hydrogen (secondary N) is 1. The predicted molar refractivity (Wildman–Crippen MR) is 90.1 cm³/mol. The fourth-order valence-corrected chi connectivity index (χ4v) is 2.62. The molecule has 0 radical (unpaired) electrons. The van der Waals surface area contributed by atoms with Gasteiger partial charge in [0.25, 0.3) is 0 Å². The smallest absolute Gasteiger partial charge is 0.337 e. The van der Waals surface area contributed by atoms with E-state index in [4.69, 9.17) is 11.6 Å². The summed E-state index contributed by atoms with van der Waals surface area (Å²) < 4.78 is 4.62. The van der Waals surface area contributed by atoms with E-state index in [0.29, 0.717) is 13.1 Å². The van der Waals surface area contributed by atoms with Crippen molar-refractivity contribution in [1.29, 1.82) is 0 Å². The minimum atomic E-state index is -0.774. The van der Waals surface area contributed by atoms with Gasteiger partial charge in [0.2, 0.25) is 0 Å². The van der Waals surface area contributed by atoms with Gasteiger partial charge in [0.05, 0.1) is 23.4 Å². The van der Waals surface area contributed by atoms with Crippen LogP contribution >= 0.6 is 11.6 Å². The van der Waals surface area contributed by atoms with Crippen molar-refractivity contribution in [2.75, 3.05) is 45.2 Å². The fourth-order valence-electron chi connectivity index (χ4n) is 2.45. The van der Waals surface area contributed by atoms with E-state index in [1.807, 2.05) is 0 Å². The van der Waals surface area contributed by atoms with Crippen LogP contribution in [0, 0.1) is 0 Å². The third-order valence-electron chi connectivity index (χ3n) is 3.94. The maximum atomic E-state index is 12.2. The molecule has 0 bridgehead atoms. The molecule has 1 heterocycles. The highest BCUT2D eigenvalue weighted by Crippen LogP contribution is 2.23. The predicted octanol–water partition coefficient (Wildman–Crippen LogP) is 1.23. The molecule has 0 aliphatic carbocycles. The van der Waals surface area contributed by atoms with Gasteiger partial charge in [-0.05, 0) is 24.7 Å². The lowest BCUT2D eigenvalue weighted by molar-refractivity contribution is -0.144. The number of carbonyl (C=O) groups is 3. The molecule has 8 heteroatoms. The Morgan fingerprint density at radius 2 is 1.88 bits per heavy atom. The van der Waals surface area contributed by atoms with Crippen molar-refractivity contribution in [3.8, 4) is 0 Å². The molecule has 0 atom stereocenters. The molecule has 7 nitrogen and oxygen atoms in total. The molecule has 1 aliphatic rings. The van der Waals surface area contributed by atoms with Gasteiger partial charge in [-0.1, -0.05) is 18.5 Å². The van der Waals surface area contributed by atoms with Crippen molar-refractivity contribution >= 4 is 35.1 Å². The summed E-state index contributed by atoms with van der Waals surface area (Å²) in [5.41, 5.74) is 0.436. The number of nitrogens with zero attached hydrogens (tertiary/aromatic N) is 2. The maximum Gasteiger partial charge on any atom is 0.337 e. The second kappa shape index (κ2) is 8.12. The lowest BCUT2D eigenvalue weighted by atomic mass is 10.2. The van der Waals surface area contributed by atoms with Crippen molar-refractivity contribution in [3.63, 3.8) is 0 Å². The Bertz CT molecular complexity index is 642. The number of hydrogen-bond donors (Lipinski definition) is 1. The van der Waals surface area contributed by atoms with E-state index in [-0.39, 0.29) is 16.3 Å². The van der Waals surface area contributed by atoms with Crippen LogP contribution in [0.2, 0.25) is 5.02 Å². The molecule has 2 rings (SSSR count). The minimum absolute atomic E-state index is 0.199. The number of piperazine rings is 1. The minimum Gasteiger partial charge on any atom is -0.465 e.